The molecular weight excluding hydrogens is 206 g/mol. The van der Waals surface area contributed by atoms with Crippen LogP contribution in [0.25, 0.3) is 0 Å². The van der Waals surface area contributed by atoms with Gasteiger partial charge in [-0.25, -0.2) is 0 Å². The maximum atomic E-state index is 2.64. The second-order valence-corrected chi connectivity index (χ2v) is 3.90. The SMILES string of the molecule is CCCCN(CCCC)CCCC.O.O.O. The van der Waals surface area contributed by atoms with Gasteiger partial charge in [0.2, 0.25) is 0 Å². The van der Waals surface area contributed by atoms with Crippen LogP contribution in [0.1, 0.15) is 59.3 Å². The number of rotatable bonds is 9. The highest BCUT2D eigenvalue weighted by Crippen LogP contribution is 2.01. The van der Waals surface area contributed by atoms with E-state index in [9.17, 15) is 0 Å². The van der Waals surface area contributed by atoms with Gasteiger partial charge in [-0.15, -0.1) is 0 Å². The molecule has 0 radical (unpaired) electrons. The summed E-state index contributed by atoms with van der Waals surface area (Å²) in [7, 11) is 0. The van der Waals surface area contributed by atoms with Gasteiger partial charge in [-0.3, -0.25) is 0 Å². The molecule has 0 amide bonds. The topological polar surface area (TPSA) is 97.7 Å². The fraction of sp³-hybridized carbons (Fsp3) is 1.00. The van der Waals surface area contributed by atoms with E-state index in [-0.39, 0.29) is 16.4 Å². The van der Waals surface area contributed by atoms with Gasteiger partial charge in [0.1, 0.15) is 0 Å². The third-order valence-electron chi connectivity index (χ3n) is 2.48. The van der Waals surface area contributed by atoms with Crippen molar-refractivity contribution in [1.29, 1.82) is 0 Å². The van der Waals surface area contributed by atoms with Crippen molar-refractivity contribution in [2.75, 3.05) is 19.6 Å². The number of unbranched alkanes of at least 4 members (excludes halogenated alkanes) is 3. The monoisotopic (exact) mass is 239 g/mol. The van der Waals surface area contributed by atoms with Crippen LogP contribution in [0.15, 0.2) is 0 Å². The third-order valence-corrected chi connectivity index (χ3v) is 2.48. The van der Waals surface area contributed by atoms with Crippen LogP contribution in [0.3, 0.4) is 0 Å². The standard InChI is InChI=1S/C12H27N.3H2O/c1-4-7-10-13(11-8-5-2)12-9-6-3;;;/h4-12H2,1-3H3;3*1H2. The molecule has 0 saturated carbocycles. The quantitative estimate of drug-likeness (QED) is 0.593. The molecule has 0 aromatic carbocycles. The molecule has 16 heavy (non-hydrogen) atoms. The minimum atomic E-state index is 0. The first-order valence-corrected chi connectivity index (χ1v) is 6.07. The summed E-state index contributed by atoms with van der Waals surface area (Å²) in [4.78, 5) is 2.64. The minimum absolute atomic E-state index is 0. The van der Waals surface area contributed by atoms with Crippen LogP contribution in [0.4, 0.5) is 0 Å². The maximum Gasteiger partial charge on any atom is -0.00188 e. The number of hydrogen-bond donors (Lipinski definition) is 0. The van der Waals surface area contributed by atoms with Crippen molar-refractivity contribution in [2.45, 2.75) is 59.3 Å². The summed E-state index contributed by atoms with van der Waals surface area (Å²) >= 11 is 0. The predicted octanol–water partition coefficient (Wildman–Crippen LogP) is 1.21. The molecule has 0 heterocycles. The zero-order valence-electron chi connectivity index (χ0n) is 11.3. The largest absolute Gasteiger partial charge is 0.412 e. The molecule has 0 atom stereocenters. The highest BCUT2D eigenvalue weighted by Gasteiger charge is 2.01. The summed E-state index contributed by atoms with van der Waals surface area (Å²) in [6.45, 7) is 10.8. The van der Waals surface area contributed by atoms with Crippen LogP contribution in [-0.4, -0.2) is 41.0 Å². The predicted molar refractivity (Wildman–Crippen MR) is 72.0 cm³/mol. The Hall–Kier alpha value is -0.160. The van der Waals surface area contributed by atoms with Crippen molar-refractivity contribution in [2.24, 2.45) is 0 Å². The second-order valence-electron chi connectivity index (χ2n) is 3.90. The fourth-order valence-corrected chi connectivity index (χ4v) is 1.48. The first-order valence-electron chi connectivity index (χ1n) is 6.07. The lowest BCUT2D eigenvalue weighted by atomic mass is 10.2. The van der Waals surface area contributed by atoms with Gasteiger partial charge in [-0.2, -0.15) is 0 Å². The van der Waals surface area contributed by atoms with Crippen LogP contribution in [-0.2, 0) is 0 Å². The Labute approximate surface area is 101 Å². The van der Waals surface area contributed by atoms with E-state index < -0.39 is 0 Å². The highest BCUT2D eigenvalue weighted by atomic mass is 16.0. The lowest BCUT2D eigenvalue weighted by Gasteiger charge is -2.21. The van der Waals surface area contributed by atoms with E-state index in [1.54, 1.807) is 0 Å². The molecule has 0 rings (SSSR count). The molecule has 4 heteroatoms. The van der Waals surface area contributed by atoms with Gasteiger partial charge in [0.15, 0.2) is 0 Å². The number of nitrogens with zero attached hydrogens (tertiary/aromatic N) is 1. The molecule has 104 valence electrons. The zero-order valence-corrected chi connectivity index (χ0v) is 11.3. The normalized spacial score (nSPS) is 9.00. The highest BCUT2D eigenvalue weighted by molar-refractivity contribution is 4.57. The Morgan fingerprint density at radius 1 is 0.562 bits per heavy atom. The van der Waals surface area contributed by atoms with Crippen molar-refractivity contribution in [3.8, 4) is 0 Å². The van der Waals surface area contributed by atoms with E-state index in [4.69, 9.17) is 0 Å². The molecule has 0 aliphatic heterocycles. The van der Waals surface area contributed by atoms with Crippen molar-refractivity contribution in [1.82, 2.24) is 4.90 Å². The first kappa shape index (κ1) is 24.9. The molecule has 6 N–H and O–H groups in total. The average molecular weight is 239 g/mol. The van der Waals surface area contributed by atoms with E-state index in [2.05, 4.69) is 25.7 Å². The van der Waals surface area contributed by atoms with E-state index in [1.807, 2.05) is 0 Å². The fourth-order valence-electron chi connectivity index (χ4n) is 1.48. The van der Waals surface area contributed by atoms with Crippen molar-refractivity contribution in [3.63, 3.8) is 0 Å². The summed E-state index contributed by atoms with van der Waals surface area (Å²) in [6.07, 6.45) is 8.09. The zero-order chi connectivity index (χ0) is 9.94. The molecule has 0 aliphatic carbocycles. The second kappa shape index (κ2) is 20.3. The van der Waals surface area contributed by atoms with Gasteiger partial charge in [0.25, 0.3) is 0 Å². The lowest BCUT2D eigenvalue weighted by molar-refractivity contribution is 0.261. The molecule has 0 fully saturated rings. The Morgan fingerprint density at radius 3 is 1.00 bits per heavy atom. The minimum Gasteiger partial charge on any atom is -0.412 e. The molecular formula is C12H33NO3. The lowest BCUT2D eigenvalue weighted by Crippen LogP contribution is -2.27. The summed E-state index contributed by atoms with van der Waals surface area (Å²) in [5.41, 5.74) is 0. The molecule has 0 spiro atoms. The molecule has 0 saturated heterocycles. The van der Waals surface area contributed by atoms with Crippen molar-refractivity contribution < 1.29 is 16.4 Å². The van der Waals surface area contributed by atoms with Gasteiger partial charge in [-0.1, -0.05) is 40.0 Å². The Morgan fingerprint density at radius 2 is 0.812 bits per heavy atom. The van der Waals surface area contributed by atoms with Crippen LogP contribution in [0.2, 0.25) is 0 Å². The van der Waals surface area contributed by atoms with Gasteiger partial charge in [0.05, 0.1) is 0 Å². The van der Waals surface area contributed by atoms with Crippen molar-refractivity contribution >= 4 is 0 Å². The van der Waals surface area contributed by atoms with Crippen LogP contribution >= 0.6 is 0 Å². The van der Waals surface area contributed by atoms with Crippen LogP contribution < -0.4 is 0 Å². The number of hydrogen-bond acceptors (Lipinski definition) is 1. The Balaban J connectivity index is -0.000000240. The molecule has 0 unspecified atom stereocenters. The Bertz CT molecular complexity index is 83.2. The summed E-state index contributed by atoms with van der Waals surface area (Å²) < 4.78 is 0. The van der Waals surface area contributed by atoms with E-state index in [0.717, 1.165) is 0 Å². The first-order chi connectivity index (χ1) is 6.35. The molecule has 0 aromatic rings. The molecule has 0 aliphatic rings. The van der Waals surface area contributed by atoms with E-state index >= 15 is 0 Å². The van der Waals surface area contributed by atoms with Crippen molar-refractivity contribution in [3.05, 3.63) is 0 Å². The van der Waals surface area contributed by atoms with Gasteiger partial charge in [0, 0.05) is 0 Å². The average Bonchev–Trinajstić information content (AvgIpc) is 2.17. The molecule has 0 bridgehead atoms. The summed E-state index contributed by atoms with van der Waals surface area (Å²) in [5, 5.41) is 0. The molecule has 4 nitrogen and oxygen atoms in total. The van der Waals surface area contributed by atoms with Gasteiger partial charge < -0.3 is 21.3 Å². The molecule has 0 aromatic heterocycles. The third kappa shape index (κ3) is 16.3. The van der Waals surface area contributed by atoms with Crippen LogP contribution in [0.5, 0.6) is 0 Å². The van der Waals surface area contributed by atoms with E-state index in [1.165, 1.54) is 58.2 Å². The summed E-state index contributed by atoms with van der Waals surface area (Å²) in [5.74, 6) is 0. The summed E-state index contributed by atoms with van der Waals surface area (Å²) in [6, 6.07) is 0. The maximum absolute atomic E-state index is 2.64. The van der Waals surface area contributed by atoms with E-state index in [0.29, 0.717) is 0 Å². The van der Waals surface area contributed by atoms with Gasteiger partial charge >= 0.3 is 0 Å². The van der Waals surface area contributed by atoms with Crippen LogP contribution in [0, 0.1) is 0 Å². The smallest absolute Gasteiger partial charge is 0.00188 e. The van der Waals surface area contributed by atoms with Gasteiger partial charge in [-0.05, 0) is 38.9 Å². The Kier molecular flexibility index (Phi) is 31.5.